The van der Waals surface area contributed by atoms with E-state index in [9.17, 15) is 0 Å². The van der Waals surface area contributed by atoms with Gasteiger partial charge in [0.2, 0.25) is 0 Å². The molecule has 2 aliphatic heterocycles. The molecule has 0 amide bonds. The Balaban J connectivity index is 1.50. The zero-order valence-electron chi connectivity index (χ0n) is 15.9. The zero-order valence-corrected chi connectivity index (χ0v) is 15.9. The van der Waals surface area contributed by atoms with Crippen molar-refractivity contribution in [1.29, 1.82) is 0 Å². The minimum absolute atomic E-state index is 0.802. The first-order chi connectivity index (χ1) is 12.3. The summed E-state index contributed by atoms with van der Waals surface area (Å²) in [7, 11) is 0. The molecule has 1 aromatic rings. The first-order valence-electron chi connectivity index (χ1n) is 10.5. The van der Waals surface area contributed by atoms with Crippen molar-refractivity contribution in [2.75, 3.05) is 26.2 Å². The SMILES string of the molecule is C/C(=C\c1ccccc1)CN1CCN2CCCC2C1C1CCCCC1. The van der Waals surface area contributed by atoms with E-state index in [2.05, 4.69) is 53.1 Å². The highest BCUT2D eigenvalue weighted by atomic mass is 15.3. The van der Waals surface area contributed by atoms with Gasteiger partial charge in [0, 0.05) is 31.7 Å². The number of piperazine rings is 1. The molecular formula is C23H34N2. The zero-order chi connectivity index (χ0) is 17.1. The molecule has 2 heteroatoms. The first kappa shape index (κ1) is 17.3. The van der Waals surface area contributed by atoms with Crippen LogP contribution in [0.25, 0.3) is 6.08 Å². The molecule has 0 bridgehead atoms. The summed E-state index contributed by atoms with van der Waals surface area (Å²) in [6.07, 6.45) is 12.5. The molecule has 0 aromatic heterocycles. The average molecular weight is 339 g/mol. The normalized spacial score (nSPS) is 29.7. The molecule has 2 nitrogen and oxygen atoms in total. The second kappa shape index (κ2) is 8.05. The predicted molar refractivity (Wildman–Crippen MR) is 107 cm³/mol. The minimum atomic E-state index is 0.802. The third kappa shape index (κ3) is 4.01. The summed E-state index contributed by atoms with van der Waals surface area (Å²) in [6.45, 7) is 7.37. The lowest BCUT2D eigenvalue weighted by Crippen LogP contribution is -2.60. The number of hydrogen-bond acceptors (Lipinski definition) is 2. The maximum absolute atomic E-state index is 2.86. The standard InChI is InChI=1S/C23H34N2/c1-19(17-20-9-4-2-5-10-20)18-25-16-15-24-14-8-13-22(24)23(25)21-11-6-3-7-12-21/h2,4-5,9-10,17,21-23H,3,6-8,11-16,18H2,1H3/b19-17+. The van der Waals surface area contributed by atoms with Crippen molar-refractivity contribution in [1.82, 2.24) is 9.80 Å². The van der Waals surface area contributed by atoms with Gasteiger partial charge in [0.15, 0.2) is 0 Å². The van der Waals surface area contributed by atoms with Crippen LogP contribution >= 0.6 is 0 Å². The van der Waals surface area contributed by atoms with Crippen molar-refractivity contribution < 1.29 is 0 Å². The Hall–Kier alpha value is -1.12. The van der Waals surface area contributed by atoms with Gasteiger partial charge < -0.3 is 0 Å². The molecule has 1 aromatic carbocycles. The van der Waals surface area contributed by atoms with E-state index in [-0.39, 0.29) is 0 Å². The maximum Gasteiger partial charge on any atom is 0.0283 e. The van der Waals surface area contributed by atoms with Gasteiger partial charge in [-0.15, -0.1) is 0 Å². The van der Waals surface area contributed by atoms with E-state index in [0.29, 0.717) is 0 Å². The molecule has 1 aliphatic carbocycles. The Labute approximate surface area is 153 Å². The summed E-state index contributed by atoms with van der Waals surface area (Å²) in [5.41, 5.74) is 2.85. The molecule has 3 fully saturated rings. The van der Waals surface area contributed by atoms with E-state index in [1.807, 2.05) is 0 Å². The predicted octanol–water partition coefficient (Wildman–Crippen LogP) is 4.82. The van der Waals surface area contributed by atoms with Crippen LogP contribution in [0, 0.1) is 5.92 Å². The lowest BCUT2D eigenvalue weighted by Gasteiger charge is -2.49. The van der Waals surface area contributed by atoms with Gasteiger partial charge in [-0.2, -0.15) is 0 Å². The van der Waals surface area contributed by atoms with Gasteiger partial charge in [-0.3, -0.25) is 9.80 Å². The van der Waals surface area contributed by atoms with Crippen molar-refractivity contribution in [2.45, 2.75) is 64.0 Å². The van der Waals surface area contributed by atoms with Gasteiger partial charge in [-0.1, -0.05) is 61.2 Å². The van der Waals surface area contributed by atoms with E-state index in [0.717, 1.165) is 24.5 Å². The molecule has 2 atom stereocenters. The molecule has 2 unspecified atom stereocenters. The van der Waals surface area contributed by atoms with Crippen LogP contribution in [0.15, 0.2) is 35.9 Å². The number of rotatable bonds is 4. The molecule has 2 saturated heterocycles. The van der Waals surface area contributed by atoms with Crippen molar-refractivity contribution in [3.8, 4) is 0 Å². The van der Waals surface area contributed by atoms with Gasteiger partial charge in [-0.25, -0.2) is 0 Å². The van der Waals surface area contributed by atoms with E-state index in [1.54, 1.807) is 0 Å². The molecule has 1 saturated carbocycles. The molecular weight excluding hydrogens is 304 g/mol. The highest BCUT2D eigenvalue weighted by Gasteiger charge is 2.42. The number of hydrogen-bond donors (Lipinski definition) is 0. The third-order valence-corrected chi connectivity index (χ3v) is 6.70. The summed E-state index contributed by atoms with van der Waals surface area (Å²) in [5.74, 6) is 0.934. The molecule has 136 valence electrons. The van der Waals surface area contributed by atoms with Crippen molar-refractivity contribution in [3.63, 3.8) is 0 Å². The molecule has 2 heterocycles. The highest BCUT2D eigenvalue weighted by Crippen LogP contribution is 2.37. The van der Waals surface area contributed by atoms with Gasteiger partial charge in [0.1, 0.15) is 0 Å². The van der Waals surface area contributed by atoms with Crippen LogP contribution in [0.5, 0.6) is 0 Å². The third-order valence-electron chi connectivity index (χ3n) is 6.70. The Bertz CT molecular complexity index is 573. The van der Waals surface area contributed by atoms with E-state index < -0.39 is 0 Å². The summed E-state index contributed by atoms with van der Waals surface area (Å²) >= 11 is 0. The number of nitrogens with zero attached hydrogens (tertiary/aromatic N) is 2. The summed E-state index contributed by atoms with van der Waals surface area (Å²) in [4.78, 5) is 5.67. The lowest BCUT2D eigenvalue weighted by atomic mass is 9.78. The van der Waals surface area contributed by atoms with Crippen molar-refractivity contribution in [3.05, 3.63) is 41.5 Å². The Morgan fingerprint density at radius 3 is 2.56 bits per heavy atom. The Morgan fingerprint density at radius 1 is 0.960 bits per heavy atom. The van der Waals surface area contributed by atoms with Crippen molar-refractivity contribution in [2.24, 2.45) is 5.92 Å². The molecule has 0 radical (unpaired) electrons. The Kier molecular flexibility index (Phi) is 5.57. The molecule has 25 heavy (non-hydrogen) atoms. The van der Waals surface area contributed by atoms with Gasteiger partial charge in [-0.05, 0) is 50.6 Å². The fourth-order valence-corrected chi connectivity index (χ4v) is 5.64. The minimum Gasteiger partial charge on any atom is -0.298 e. The summed E-state index contributed by atoms with van der Waals surface area (Å²) in [5, 5.41) is 0. The average Bonchev–Trinajstić information content (AvgIpc) is 3.11. The lowest BCUT2D eigenvalue weighted by molar-refractivity contribution is 0.00689. The number of benzene rings is 1. The van der Waals surface area contributed by atoms with E-state index >= 15 is 0 Å². The fraction of sp³-hybridized carbons (Fsp3) is 0.652. The van der Waals surface area contributed by atoms with Crippen LogP contribution in [0.3, 0.4) is 0 Å². The smallest absolute Gasteiger partial charge is 0.0283 e. The maximum atomic E-state index is 2.86. The van der Waals surface area contributed by atoms with Crippen LogP contribution in [-0.4, -0.2) is 48.1 Å². The van der Waals surface area contributed by atoms with E-state index in [1.165, 1.54) is 75.7 Å². The second-order valence-electron chi connectivity index (χ2n) is 8.51. The van der Waals surface area contributed by atoms with Crippen LogP contribution in [0.4, 0.5) is 0 Å². The monoisotopic (exact) mass is 338 g/mol. The number of fused-ring (bicyclic) bond motifs is 1. The molecule has 3 aliphatic rings. The fourth-order valence-electron chi connectivity index (χ4n) is 5.64. The second-order valence-corrected chi connectivity index (χ2v) is 8.51. The van der Waals surface area contributed by atoms with Gasteiger partial charge in [0.05, 0.1) is 0 Å². The first-order valence-corrected chi connectivity index (χ1v) is 10.5. The quantitative estimate of drug-likeness (QED) is 0.776. The van der Waals surface area contributed by atoms with Crippen LogP contribution in [-0.2, 0) is 0 Å². The molecule has 4 rings (SSSR count). The van der Waals surface area contributed by atoms with Crippen LogP contribution in [0.1, 0.15) is 57.4 Å². The summed E-state index contributed by atoms with van der Waals surface area (Å²) < 4.78 is 0. The topological polar surface area (TPSA) is 6.48 Å². The van der Waals surface area contributed by atoms with Crippen LogP contribution < -0.4 is 0 Å². The largest absolute Gasteiger partial charge is 0.298 e. The highest BCUT2D eigenvalue weighted by molar-refractivity contribution is 5.52. The molecule has 0 spiro atoms. The summed E-state index contributed by atoms with van der Waals surface area (Å²) in [6, 6.07) is 12.5. The van der Waals surface area contributed by atoms with Gasteiger partial charge in [0.25, 0.3) is 0 Å². The van der Waals surface area contributed by atoms with E-state index in [4.69, 9.17) is 0 Å². The molecule has 0 N–H and O–H groups in total. The van der Waals surface area contributed by atoms with Crippen molar-refractivity contribution >= 4 is 6.08 Å². The van der Waals surface area contributed by atoms with Gasteiger partial charge >= 0.3 is 0 Å². The van der Waals surface area contributed by atoms with Crippen LogP contribution in [0.2, 0.25) is 0 Å². The Morgan fingerprint density at radius 2 is 1.76 bits per heavy atom.